The molecule has 2 aromatic heterocycles. The number of carbonyl (C=O) groups is 1. The molecule has 5 atom stereocenters. The van der Waals surface area contributed by atoms with Crippen LogP contribution in [0.2, 0.25) is 5.28 Å². The van der Waals surface area contributed by atoms with Crippen LogP contribution >= 0.6 is 19.3 Å². The zero-order valence-electron chi connectivity index (χ0n) is 25.0. The maximum atomic E-state index is 14.7. The third-order valence-electron chi connectivity index (χ3n) is 7.44. The summed E-state index contributed by atoms with van der Waals surface area (Å²) in [7, 11) is -4.38. The number of ether oxygens (including phenoxy) is 2. The number of hydrogen-bond acceptors (Lipinski definition) is 11. The molecule has 0 saturated carbocycles. The van der Waals surface area contributed by atoms with Crippen LogP contribution in [0.3, 0.4) is 0 Å². The average molecular weight is 679 g/mol. The first kappa shape index (κ1) is 32.6. The summed E-state index contributed by atoms with van der Waals surface area (Å²) in [6.45, 7) is -0.456. The lowest BCUT2D eigenvalue weighted by Gasteiger charge is -2.28. The molecule has 244 valence electrons. The van der Waals surface area contributed by atoms with Crippen molar-refractivity contribution in [2.24, 2.45) is 0 Å². The minimum atomic E-state index is -4.38. The lowest BCUT2D eigenvalue weighted by Crippen LogP contribution is -2.41. The fraction of sp³-hybridized carbons (Fsp3) is 0.250. The van der Waals surface area contributed by atoms with Gasteiger partial charge in [0.2, 0.25) is 5.28 Å². The number of rotatable bonds is 13. The number of nitrogen functional groups attached to an aromatic ring is 1. The first-order valence-electron chi connectivity index (χ1n) is 14.8. The van der Waals surface area contributed by atoms with Crippen LogP contribution < -0.4 is 15.3 Å². The average Bonchev–Trinajstić information content (AvgIpc) is 3.68. The number of nitrogens with one attached hydrogen (secondary N) is 1. The molecule has 13 nitrogen and oxygen atoms in total. The van der Waals surface area contributed by atoms with Gasteiger partial charge >= 0.3 is 13.7 Å². The molecule has 0 radical (unpaired) electrons. The molecule has 6 rings (SSSR count). The van der Waals surface area contributed by atoms with Crippen LogP contribution in [0.4, 0.5) is 5.82 Å². The zero-order chi connectivity index (χ0) is 32.8. The first-order valence-corrected chi connectivity index (χ1v) is 16.7. The van der Waals surface area contributed by atoms with Gasteiger partial charge in [-0.25, -0.2) is 9.55 Å². The number of anilines is 1. The standard InChI is InChI=1S/C32H32ClN6O7P/c33-32-36-29(34)28-30(37-32)39(20-35-28)27-17-25(26(18-40)44-27)46-47(42,45-23-14-8-3-9-15-23)38-24(16-21-10-4-1-5-11-21)31(41)43-19-22-12-6-2-7-13-22/h1-15,20,24-27,40H,16-19H2,(H,38,42)(H2,34,36,37)/t24-,25?,26+,27+,47?/m0/s1. The van der Waals surface area contributed by atoms with E-state index in [1.54, 1.807) is 34.9 Å². The predicted molar refractivity (Wildman–Crippen MR) is 173 cm³/mol. The van der Waals surface area contributed by atoms with E-state index in [1.165, 1.54) is 6.33 Å². The second-order valence-electron chi connectivity index (χ2n) is 10.8. The van der Waals surface area contributed by atoms with Crippen molar-refractivity contribution in [3.05, 3.63) is 114 Å². The Morgan fingerprint density at radius 2 is 1.70 bits per heavy atom. The fourth-order valence-electron chi connectivity index (χ4n) is 5.20. The lowest BCUT2D eigenvalue weighted by molar-refractivity contribution is -0.147. The molecule has 1 aliphatic rings. The van der Waals surface area contributed by atoms with Gasteiger partial charge in [0, 0.05) is 6.42 Å². The van der Waals surface area contributed by atoms with E-state index >= 15 is 0 Å². The van der Waals surface area contributed by atoms with E-state index in [1.807, 2.05) is 60.7 Å². The summed E-state index contributed by atoms with van der Waals surface area (Å²) in [6, 6.07) is 25.7. The van der Waals surface area contributed by atoms with Crippen molar-refractivity contribution in [1.82, 2.24) is 24.6 Å². The van der Waals surface area contributed by atoms with Crippen molar-refractivity contribution in [3.8, 4) is 5.75 Å². The van der Waals surface area contributed by atoms with Gasteiger partial charge in [-0.15, -0.1) is 0 Å². The van der Waals surface area contributed by atoms with Crippen LogP contribution in [0.15, 0.2) is 97.3 Å². The highest BCUT2D eigenvalue weighted by molar-refractivity contribution is 7.52. The van der Waals surface area contributed by atoms with Gasteiger partial charge in [0.1, 0.15) is 42.4 Å². The van der Waals surface area contributed by atoms with Crippen molar-refractivity contribution < 1.29 is 33.0 Å². The summed E-state index contributed by atoms with van der Waals surface area (Å²) in [4.78, 5) is 26.0. The molecule has 47 heavy (non-hydrogen) atoms. The molecule has 0 aliphatic carbocycles. The molecule has 1 aliphatic heterocycles. The van der Waals surface area contributed by atoms with Crippen LogP contribution in [0.25, 0.3) is 11.2 Å². The molecule has 2 unspecified atom stereocenters. The lowest BCUT2D eigenvalue weighted by atomic mass is 10.1. The molecule has 0 bridgehead atoms. The van der Waals surface area contributed by atoms with Gasteiger partial charge < -0.3 is 24.8 Å². The third kappa shape index (κ3) is 7.96. The fourth-order valence-corrected chi connectivity index (χ4v) is 7.08. The number of fused-ring (bicyclic) bond motifs is 1. The van der Waals surface area contributed by atoms with E-state index in [-0.39, 0.29) is 36.3 Å². The molecule has 0 amide bonds. The van der Waals surface area contributed by atoms with Gasteiger partial charge in [-0.3, -0.25) is 13.9 Å². The molecule has 1 fully saturated rings. The predicted octanol–water partition coefficient (Wildman–Crippen LogP) is 4.86. The van der Waals surface area contributed by atoms with Crippen LogP contribution in [0.5, 0.6) is 5.75 Å². The van der Waals surface area contributed by atoms with Gasteiger partial charge in [-0.05, 0) is 41.3 Å². The number of aliphatic hydroxyl groups excluding tert-OH is 1. The van der Waals surface area contributed by atoms with Crippen molar-refractivity contribution >= 4 is 42.3 Å². The number of nitrogens with two attached hydrogens (primary N) is 1. The molecule has 1 saturated heterocycles. The number of para-hydroxylation sites is 1. The number of carbonyl (C=O) groups excluding carboxylic acids is 1. The topological polar surface area (TPSA) is 173 Å². The Morgan fingerprint density at radius 3 is 2.38 bits per heavy atom. The number of hydrogen-bond donors (Lipinski definition) is 3. The van der Waals surface area contributed by atoms with Crippen molar-refractivity contribution in [2.75, 3.05) is 12.3 Å². The van der Waals surface area contributed by atoms with Crippen LogP contribution in [0, 0.1) is 0 Å². The monoisotopic (exact) mass is 678 g/mol. The number of aromatic nitrogens is 4. The second-order valence-corrected chi connectivity index (χ2v) is 12.7. The molecular weight excluding hydrogens is 647 g/mol. The van der Waals surface area contributed by atoms with Crippen molar-refractivity contribution in [1.29, 1.82) is 0 Å². The Hall–Kier alpha value is -4.36. The van der Waals surface area contributed by atoms with Gasteiger partial charge in [0.05, 0.1) is 12.9 Å². The quantitative estimate of drug-likeness (QED) is 0.0878. The smallest absolute Gasteiger partial charge is 0.459 e. The number of benzene rings is 3. The molecule has 0 spiro atoms. The third-order valence-corrected chi connectivity index (χ3v) is 9.24. The number of aliphatic hydroxyl groups is 1. The van der Waals surface area contributed by atoms with Gasteiger partial charge in [-0.2, -0.15) is 15.1 Å². The molecule has 4 N–H and O–H groups in total. The minimum absolute atomic E-state index is 0.0129. The highest BCUT2D eigenvalue weighted by Gasteiger charge is 2.44. The maximum absolute atomic E-state index is 14.7. The Morgan fingerprint density at radius 1 is 1.04 bits per heavy atom. The second kappa shape index (κ2) is 14.6. The van der Waals surface area contributed by atoms with Crippen molar-refractivity contribution in [2.45, 2.75) is 43.9 Å². The number of nitrogens with zero attached hydrogens (tertiary/aromatic N) is 4. The number of halogens is 1. The SMILES string of the molecule is Nc1nc(Cl)nc2c1ncn2[C@H]1CC(OP(=O)(N[C@@H](Cc2ccccc2)C(=O)OCc2ccccc2)Oc2ccccc2)[C@@H](CO)O1. The first-order chi connectivity index (χ1) is 22.8. The largest absolute Gasteiger partial charge is 0.460 e. The van der Waals surface area contributed by atoms with Crippen LogP contribution in [-0.2, 0) is 36.4 Å². The number of imidazole rings is 1. The van der Waals surface area contributed by atoms with Crippen molar-refractivity contribution in [3.63, 3.8) is 0 Å². The molecular formula is C32H32ClN6O7P. The van der Waals surface area contributed by atoms with Gasteiger partial charge in [0.25, 0.3) is 0 Å². The van der Waals surface area contributed by atoms with E-state index in [9.17, 15) is 14.5 Å². The summed E-state index contributed by atoms with van der Waals surface area (Å²) in [5.41, 5.74) is 8.19. The van der Waals surface area contributed by atoms with E-state index in [0.717, 1.165) is 11.1 Å². The summed E-state index contributed by atoms with van der Waals surface area (Å²) >= 11 is 6.05. The maximum Gasteiger partial charge on any atom is 0.459 e. The number of esters is 1. The molecule has 15 heteroatoms. The highest BCUT2D eigenvalue weighted by Crippen LogP contribution is 2.49. The van der Waals surface area contributed by atoms with Crippen LogP contribution in [0.1, 0.15) is 23.8 Å². The Balaban J connectivity index is 1.28. The van der Waals surface area contributed by atoms with Crippen LogP contribution in [-0.4, -0.2) is 55.5 Å². The highest BCUT2D eigenvalue weighted by atomic mass is 35.5. The Bertz CT molecular complexity index is 1850. The molecule has 5 aromatic rings. The minimum Gasteiger partial charge on any atom is -0.460 e. The van der Waals surface area contributed by atoms with E-state index in [4.69, 9.17) is 35.9 Å². The van der Waals surface area contributed by atoms with Gasteiger partial charge in [0.15, 0.2) is 11.5 Å². The summed E-state index contributed by atoms with van der Waals surface area (Å²) < 4.78 is 40.2. The van der Waals surface area contributed by atoms with E-state index < -0.39 is 44.8 Å². The summed E-state index contributed by atoms with van der Waals surface area (Å²) in [6.07, 6.45) is -0.963. The normalized spacial score (nSPS) is 19.7. The summed E-state index contributed by atoms with van der Waals surface area (Å²) in [5, 5.41) is 13.0. The summed E-state index contributed by atoms with van der Waals surface area (Å²) in [5.74, 6) is -0.328. The molecule has 3 heterocycles. The molecule has 3 aromatic carbocycles. The zero-order valence-corrected chi connectivity index (χ0v) is 26.6. The van der Waals surface area contributed by atoms with E-state index in [2.05, 4.69) is 20.0 Å². The Kier molecular flexibility index (Phi) is 10.1. The Labute approximate surface area is 275 Å². The van der Waals surface area contributed by atoms with Gasteiger partial charge in [-0.1, -0.05) is 78.9 Å². The van der Waals surface area contributed by atoms with E-state index in [0.29, 0.717) is 11.2 Å².